The molecule has 0 heterocycles. The largest absolute Gasteiger partial charge is 0.548 e. The van der Waals surface area contributed by atoms with Crippen molar-refractivity contribution in [2.75, 3.05) is 13.7 Å². The van der Waals surface area contributed by atoms with Crippen LogP contribution in [0.1, 0.15) is 43.5 Å². The summed E-state index contributed by atoms with van der Waals surface area (Å²) in [6, 6.07) is 4.27. The lowest BCUT2D eigenvalue weighted by Crippen LogP contribution is -2.52. The average molecular weight is 533 g/mol. The predicted molar refractivity (Wildman–Crippen MR) is 127 cm³/mol. The summed E-state index contributed by atoms with van der Waals surface area (Å²) < 4.78 is 9.41. The van der Waals surface area contributed by atoms with Gasteiger partial charge in [0, 0.05) is 5.02 Å². The predicted octanol–water partition coefficient (Wildman–Crippen LogP) is 1.47. The van der Waals surface area contributed by atoms with E-state index in [0.29, 0.717) is 0 Å². The number of nitrogens with one attached hydrogen (secondary N) is 2. The van der Waals surface area contributed by atoms with E-state index in [0.717, 1.165) is 7.11 Å². The van der Waals surface area contributed by atoms with Crippen molar-refractivity contribution in [3.05, 3.63) is 33.8 Å². The highest BCUT2D eigenvalue weighted by atomic mass is 35.5. The van der Waals surface area contributed by atoms with E-state index >= 15 is 0 Å². The average Bonchev–Trinajstić information content (AvgIpc) is 2.77. The van der Waals surface area contributed by atoms with E-state index in [4.69, 9.17) is 33.0 Å². The standard InChI is InChI=1S/C21H27BCl2N2O9/c1-11(2)6-16(22(33)35-21(32)12(7-18(28)29)8-19(30)34-3)26-17(27)10-25-20(31)14-9-13(23)4-5-15(14)24/h4-5,9,11-12,16,33H,6-8,10H2,1-3H3,(H,25,31)(H,26,27)(H,28,29)/t12?,16-/m0/s1. The molecule has 1 rings (SSSR count). The number of ether oxygens (including phenoxy) is 1. The molecule has 4 N–H and O–H groups in total. The summed E-state index contributed by atoms with van der Waals surface area (Å²) >= 11 is 11.8. The van der Waals surface area contributed by atoms with Crippen LogP contribution in [0.15, 0.2) is 18.2 Å². The monoisotopic (exact) mass is 532 g/mol. The van der Waals surface area contributed by atoms with E-state index in [9.17, 15) is 29.0 Å². The molecule has 0 bridgehead atoms. The number of methoxy groups -OCH3 is 1. The number of halogens is 2. The van der Waals surface area contributed by atoms with Crippen LogP contribution in [0, 0.1) is 11.8 Å². The van der Waals surface area contributed by atoms with Gasteiger partial charge >= 0.3 is 19.1 Å². The molecule has 0 saturated heterocycles. The Hall–Kier alpha value is -2.83. The van der Waals surface area contributed by atoms with Crippen molar-refractivity contribution in [1.82, 2.24) is 10.6 Å². The Morgan fingerprint density at radius 1 is 1.11 bits per heavy atom. The zero-order chi connectivity index (χ0) is 26.7. The minimum atomic E-state index is -1.85. The first-order chi connectivity index (χ1) is 16.3. The third kappa shape index (κ3) is 11.0. The maximum absolute atomic E-state index is 12.4. The van der Waals surface area contributed by atoms with Gasteiger partial charge in [-0.3, -0.25) is 24.0 Å². The summed E-state index contributed by atoms with van der Waals surface area (Å²) in [6.45, 7) is 3.10. The van der Waals surface area contributed by atoms with Crippen LogP contribution in [0.3, 0.4) is 0 Å². The molecule has 0 saturated carbocycles. The number of carboxylic acids is 1. The molecule has 1 aromatic carbocycles. The van der Waals surface area contributed by atoms with E-state index in [-0.39, 0.29) is 27.9 Å². The van der Waals surface area contributed by atoms with Crippen LogP contribution >= 0.6 is 23.2 Å². The fourth-order valence-electron chi connectivity index (χ4n) is 2.97. The molecule has 0 aliphatic rings. The summed E-state index contributed by atoms with van der Waals surface area (Å²) in [4.78, 5) is 59.6. The lowest BCUT2D eigenvalue weighted by molar-refractivity contribution is -0.152. The number of aliphatic carboxylic acids is 1. The summed E-state index contributed by atoms with van der Waals surface area (Å²) in [6.07, 6.45) is -1.11. The van der Waals surface area contributed by atoms with E-state index in [1.165, 1.54) is 18.2 Å². The van der Waals surface area contributed by atoms with Gasteiger partial charge in [0.15, 0.2) is 0 Å². The van der Waals surface area contributed by atoms with Gasteiger partial charge in [0.05, 0.1) is 48.9 Å². The number of carbonyl (C=O) groups is 5. The smallest absolute Gasteiger partial charge is 0.508 e. The van der Waals surface area contributed by atoms with Gasteiger partial charge in [-0.15, -0.1) is 0 Å². The van der Waals surface area contributed by atoms with Crippen molar-refractivity contribution >= 4 is 60.0 Å². The first-order valence-corrected chi connectivity index (χ1v) is 11.3. The van der Waals surface area contributed by atoms with Crippen molar-refractivity contribution in [2.45, 2.75) is 39.1 Å². The van der Waals surface area contributed by atoms with Gasteiger partial charge in [0.2, 0.25) is 5.91 Å². The molecule has 192 valence electrons. The second-order valence-electron chi connectivity index (χ2n) is 8.01. The molecule has 14 heteroatoms. The molecule has 0 radical (unpaired) electrons. The molecule has 0 spiro atoms. The molecule has 0 fully saturated rings. The van der Waals surface area contributed by atoms with Crippen LogP contribution < -0.4 is 10.6 Å². The van der Waals surface area contributed by atoms with Crippen LogP contribution in [0.2, 0.25) is 10.0 Å². The Kier molecular flexibility index (Phi) is 12.6. The molecule has 0 aliphatic heterocycles. The molecule has 35 heavy (non-hydrogen) atoms. The normalized spacial score (nSPS) is 12.3. The Balaban J connectivity index is 2.81. The number of benzene rings is 1. The van der Waals surface area contributed by atoms with Gasteiger partial charge in [0.1, 0.15) is 0 Å². The lowest BCUT2D eigenvalue weighted by Gasteiger charge is -2.23. The van der Waals surface area contributed by atoms with Gasteiger partial charge in [-0.25, -0.2) is 0 Å². The maximum atomic E-state index is 12.4. The van der Waals surface area contributed by atoms with Crippen LogP contribution in [0.4, 0.5) is 0 Å². The molecule has 2 amide bonds. The maximum Gasteiger partial charge on any atom is 0.548 e. The summed E-state index contributed by atoms with van der Waals surface area (Å²) in [5, 5.41) is 24.7. The first kappa shape index (κ1) is 30.2. The number of carbonyl (C=O) groups excluding carboxylic acids is 4. The van der Waals surface area contributed by atoms with Crippen molar-refractivity contribution in [2.24, 2.45) is 11.8 Å². The van der Waals surface area contributed by atoms with Crippen LogP contribution in [0.5, 0.6) is 0 Å². The van der Waals surface area contributed by atoms with Crippen molar-refractivity contribution in [1.29, 1.82) is 0 Å². The Bertz CT molecular complexity index is 945. The SMILES string of the molecule is COC(=O)CC(CC(=O)O)C(=O)OB(O)[C@H](CC(C)C)NC(=O)CNC(=O)c1cc(Cl)ccc1Cl. The third-order valence-corrected chi connectivity index (χ3v) is 5.20. The second-order valence-corrected chi connectivity index (χ2v) is 8.86. The van der Waals surface area contributed by atoms with Gasteiger partial charge in [-0.05, 0) is 30.5 Å². The molecule has 1 aromatic rings. The Morgan fingerprint density at radius 2 is 1.77 bits per heavy atom. The molecule has 0 aliphatic carbocycles. The van der Waals surface area contributed by atoms with Gasteiger partial charge in [-0.1, -0.05) is 37.0 Å². The second kappa shape index (κ2) is 14.5. The number of hydrogen-bond donors (Lipinski definition) is 4. The van der Waals surface area contributed by atoms with E-state index in [1.807, 2.05) is 0 Å². The van der Waals surface area contributed by atoms with Crippen molar-refractivity contribution < 1.29 is 43.5 Å². The number of hydrogen-bond acceptors (Lipinski definition) is 8. The molecule has 1 unspecified atom stereocenters. The number of rotatable bonds is 13. The molecular formula is C21H27BCl2N2O9. The van der Waals surface area contributed by atoms with E-state index in [2.05, 4.69) is 15.4 Å². The highest BCUT2D eigenvalue weighted by Gasteiger charge is 2.36. The summed E-state index contributed by atoms with van der Waals surface area (Å²) in [5.74, 6) is -7.21. The van der Waals surface area contributed by atoms with Crippen molar-refractivity contribution in [3.63, 3.8) is 0 Å². The zero-order valence-corrected chi connectivity index (χ0v) is 20.9. The summed E-state index contributed by atoms with van der Waals surface area (Å²) in [5.41, 5.74) is 0.0646. The number of carboxylic acid groups (broad SMARTS) is 1. The summed E-state index contributed by atoms with van der Waals surface area (Å²) in [7, 11) is -0.769. The number of esters is 1. The molecule has 2 atom stereocenters. The third-order valence-electron chi connectivity index (χ3n) is 4.63. The minimum Gasteiger partial charge on any atom is -0.508 e. The fraction of sp³-hybridized carbons (Fsp3) is 0.476. The zero-order valence-electron chi connectivity index (χ0n) is 19.4. The van der Waals surface area contributed by atoms with Crippen LogP contribution in [0.25, 0.3) is 0 Å². The molecule has 0 aromatic heterocycles. The molecular weight excluding hydrogens is 506 g/mol. The topological polar surface area (TPSA) is 168 Å². The first-order valence-electron chi connectivity index (χ1n) is 10.5. The van der Waals surface area contributed by atoms with Crippen LogP contribution in [-0.2, 0) is 28.6 Å². The van der Waals surface area contributed by atoms with Gasteiger partial charge < -0.3 is 30.2 Å². The molecule has 11 nitrogen and oxygen atoms in total. The van der Waals surface area contributed by atoms with Crippen molar-refractivity contribution in [3.8, 4) is 0 Å². The van der Waals surface area contributed by atoms with Crippen LogP contribution in [-0.4, -0.2) is 66.6 Å². The quantitative estimate of drug-likeness (QED) is 0.217. The van der Waals surface area contributed by atoms with Gasteiger partial charge in [-0.2, -0.15) is 0 Å². The van der Waals surface area contributed by atoms with E-state index in [1.54, 1.807) is 13.8 Å². The highest BCUT2D eigenvalue weighted by molar-refractivity contribution is 6.47. The Labute approximate surface area is 212 Å². The minimum absolute atomic E-state index is 0.0570. The Morgan fingerprint density at radius 3 is 2.34 bits per heavy atom. The highest BCUT2D eigenvalue weighted by Crippen LogP contribution is 2.20. The lowest BCUT2D eigenvalue weighted by atomic mass is 9.74. The van der Waals surface area contributed by atoms with E-state index < -0.39 is 68.1 Å². The van der Waals surface area contributed by atoms with Gasteiger partial charge in [0.25, 0.3) is 11.9 Å². The number of amides is 2. The fourth-order valence-corrected chi connectivity index (χ4v) is 3.35.